The lowest BCUT2D eigenvalue weighted by Crippen LogP contribution is -2.43. The van der Waals surface area contributed by atoms with Crippen molar-refractivity contribution in [3.05, 3.63) is 41.5 Å². The van der Waals surface area contributed by atoms with Crippen molar-refractivity contribution in [3.63, 3.8) is 0 Å². The third-order valence-electron chi connectivity index (χ3n) is 4.08. The number of aromatic nitrogens is 2. The van der Waals surface area contributed by atoms with Crippen molar-refractivity contribution in [2.24, 2.45) is 0 Å². The SMILES string of the molecule is Cc1cc(C)n(-c2ccc(NC(=O)C3CCCCN3)cc2F)n1. The van der Waals surface area contributed by atoms with Crippen LogP contribution in [0.15, 0.2) is 24.3 Å². The minimum atomic E-state index is -0.411. The highest BCUT2D eigenvalue weighted by Gasteiger charge is 2.20. The lowest BCUT2D eigenvalue weighted by Gasteiger charge is -2.22. The number of nitrogens with zero attached hydrogens (tertiary/aromatic N) is 2. The number of piperidine rings is 1. The van der Waals surface area contributed by atoms with E-state index >= 15 is 0 Å². The second kappa shape index (κ2) is 6.50. The minimum absolute atomic E-state index is 0.108. The molecule has 0 bridgehead atoms. The Kier molecular flexibility index (Phi) is 4.43. The maximum atomic E-state index is 14.4. The van der Waals surface area contributed by atoms with Crippen LogP contribution in [0, 0.1) is 19.7 Å². The number of carbonyl (C=O) groups is 1. The van der Waals surface area contributed by atoms with E-state index in [1.54, 1.807) is 16.8 Å². The number of aryl methyl sites for hydroxylation is 2. The second-order valence-electron chi connectivity index (χ2n) is 6.00. The van der Waals surface area contributed by atoms with Gasteiger partial charge in [-0.2, -0.15) is 5.10 Å². The third-order valence-corrected chi connectivity index (χ3v) is 4.08. The van der Waals surface area contributed by atoms with Gasteiger partial charge in [-0.25, -0.2) is 9.07 Å². The molecule has 1 aliphatic heterocycles. The van der Waals surface area contributed by atoms with Gasteiger partial charge >= 0.3 is 0 Å². The van der Waals surface area contributed by atoms with Crippen molar-refractivity contribution in [2.75, 3.05) is 11.9 Å². The van der Waals surface area contributed by atoms with E-state index in [0.29, 0.717) is 11.4 Å². The maximum Gasteiger partial charge on any atom is 0.241 e. The van der Waals surface area contributed by atoms with Crippen molar-refractivity contribution in [1.82, 2.24) is 15.1 Å². The number of benzene rings is 1. The maximum absolute atomic E-state index is 14.4. The fourth-order valence-electron chi connectivity index (χ4n) is 2.93. The Morgan fingerprint density at radius 2 is 2.17 bits per heavy atom. The number of anilines is 1. The van der Waals surface area contributed by atoms with Gasteiger partial charge in [0.2, 0.25) is 5.91 Å². The van der Waals surface area contributed by atoms with Gasteiger partial charge in [-0.05, 0) is 57.5 Å². The summed E-state index contributed by atoms with van der Waals surface area (Å²) in [5, 5.41) is 10.2. The molecule has 1 atom stereocenters. The molecular weight excluding hydrogens is 295 g/mol. The molecule has 0 aliphatic carbocycles. The number of hydrogen-bond acceptors (Lipinski definition) is 3. The Hall–Kier alpha value is -2.21. The van der Waals surface area contributed by atoms with Gasteiger partial charge in [-0.15, -0.1) is 0 Å². The van der Waals surface area contributed by atoms with Gasteiger partial charge < -0.3 is 10.6 Å². The number of rotatable bonds is 3. The number of nitrogens with one attached hydrogen (secondary N) is 2. The normalized spacial score (nSPS) is 18.0. The topological polar surface area (TPSA) is 59.0 Å². The molecule has 3 rings (SSSR count). The number of hydrogen-bond donors (Lipinski definition) is 2. The van der Waals surface area contributed by atoms with E-state index < -0.39 is 5.82 Å². The average molecular weight is 316 g/mol. The van der Waals surface area contributed by atoms with Gasteiger partial charge in [0.15, 0.2) is 5.82 Å². The highest BCUT2D eigenvalue weighted by molar-refractivity contribution is 5.95. The Labute approximate surface area is 134 Å². The molecule has 0 radical (unpaired) electrons. The average Bonchev–Trinajstić information content (AvgIpc) is 2.87. The first-order chi connectivity index (χ1) is 11.0. The molecule has 1 amide bonds. The smallest absolute Gasteiger partial charge is 0.241 e. The zero-order valence-corrected chi connectivity index (χ0v) is 13.4. The predicted molar refractivity (Wildman–Crippen MR) is 87.3 cm³/mol. The summed E-state index contributed by atoms with van der Waals surface area (Å²) in [5.41, 5.74) is 2.54. The van der Waals surface area contributed by atoms with E-state index in [-0.39, 0.29) is 11.9 Å². The summed E-state index contributed by atoms with van der Waals surface area (Å²) in [6, 6.07) is 6.38. The van der Waals surface area contributed by atoms with Crippen molar-refractivity contribution in [1.29, 1.82) is 0 Å². The van der Waals surface area contributed by atoms with Gasteiger partial charge in [-0.3, -0.25) is 4.79 Å². The number of halogens is 1. The van der Waals surface area contributed by atoms with Gasteiger partial charge in [-0.1, -0.05) is 6.42 Å². The molecule has 2 heterocycles. The van der Waals surface area contributed by atoms with Gasteiger partial charge in [0.1, 0.15) is 5.69 Å². The van der Waals surface area contributed by atoms with Crippen molar-refractivity contribution >= 4 is 11.6 Å². The zero-order valence-electron chi connectivity index (χ0n) is 13.4. The van der Waals surface area contributed by atoms with Crippen molar-refractivity contribution < 1.29 is 9.18 Å². The van der Waals surface area contributed by atoms with Crippen LogP contribution in [0.3, 0.4) is 0 Å². The Bertz CT molecular complexity index is 719. The van der Waals surface area contributed by atoms with E-state index in [0.717, 1.165) is 37.2 Å². The van der Waals surface area contributed by atoms with Crippen LogP contribution in [0.4, 0.5) is 10.1 Å². The van der Waals surface area contributed by atoms with Gasteiger partial charge in [0, 0.05) is 11.4 Å². The molecule has 1 fully saturated rings. The number of amides is 1. The van der Waals surface area contributed by atoms with Crippen LogP contribution >= 0.6 is 0 Å². The molecule has 2 aromatic rings. The highest BCUT2D eigenvalue weighted by atomic mass is 19.1. The third kappa shape index (κ3) is 3.42. The predicted octanol–water partition coefficient (Wildman–Crippen LogP) is 2.71. The molecule has 5 nitrogen and oxygen atoms in total. The molecule has 23 heavy (non-hydrogen) atoms. The van der Waals surface area contributed by atoms with Crippen LogP contribution in [-0.2, 0) is 4.79 Å². The molecule has 1 unspecified atom stereocenters. The van der Waals surface area contributed by atoms with Crippen LogP contribution in [-0.4, -0.2) is 28.3 Å². The monoisotopic (exact) mass is 316 g/mol. The summed E-state index contributed by atoms with van der Waals surface area (Å²) in [5.74, 6) is -0.520. The van der Waals surface area contributed by atoms with Crippen molar-refractivity contribution in [2.45, 2.75) is 39.2 Å². The molecule has 122 valence electrons. The first-order valence-corrected chi connectivity index (χ1v) is 7.92. The van der Waals surface area contributed by atoms with E-state index in [4.69, 9.17) is 0 Å². The molecular formula is C17H21FN4O. The molecule has 0 saturated carbocycles. The van der Waals surface area contributed by atoms with Crippen LogP contribution in [0.5, 0.6) is 0 Å². The second-order valence-corrected chi connectivity index (χ2v) is 6.00. The summed E-state index contributed by atoms with van der Waals surface area (Å²) >= 11 is 0. The van der Waals surface area contributed by atoms with E-state index in [1.807, 2.05) is 19.9 Å². The Morgan fingerprint density at radius 3 is 2.78 bits per heavy atom. The molecule has 1 saturated heterocycles. The Balaban J connectivity index is 1.76. The fraction of sp³-hybridized carbons (Fsp3) is 0.412. The summed E-state index contributed by atoms with van der Waals surface area (Å²) in [6.45, 7) is 4.60. The number of carbonyl (C=O) groups excluding carboxylic acids is 1. The summed E-state index contributed by atoms with van der Waals surface area (Å²) in [7, 11) is 0. The van der Waals surface area contributed by atoms with Gasteiger partial charge in [0.25, 0.3) is 0 Å². The van der Waals surface area contributed by atoms with E-state index in [9.17, 15) is 9.18 Å². The largest absolute Gasteiger partial charge is 0.325 e. The molecule has 1 aromatic carbocycles. The summed E-state index contributed by atoms with van der Waals surface area (Å²) in [4.78, 5) is 12.2. The lowest BCUT2D eigenvalue weighted by atomic mass is 10.0. The highest BCUT2D eigenvalue weighted by Crippen LogP contribution is 2.20. The standard InChI is InChI=1S/C17H21FN4O/c1-11-9-12(2)22(21-11)16-7-6-13(10-14(16)18)20-17(23)15-5-3-4-8-19-15/h6-7,9-10,15,19H,3-5,8H2,1-2H3,(H,20,23). The minimum Gasteiger partial charge on any atom is -0.325 e. The first kappa shape index (κ1) is 15.7. The molecule has 1 aliphatic rings. The summed E-state index contributed by atoms with van der Waals surface area (Å²) < 4.78 is 16.0. The molecule has 0 spiro atoms. The van der Waals surface area contributed by atoms with E-state index in [2.05, 4.69) is 15.7 Å². The quantitative estimate of drug-likeness (QED) is 0.915. The summed E-state index contributed by atoms with van der Waals surface area (Å²) in [6.07, 6.45) is 2.95. The van der Waals surface area contributed by atoms with Gasteiger partial charge in [0.05, 0.1) is 11.7 Å². The van der Waals surface area contributed by atoms with Crippen LogP contribution in [0.1, 0.15) is 30.7 Å². The van der Waals surface area contributed by atoms with E-state index in [1.165, 1.54) is 6.07 Å². The van der Waals surface area contributed by atoms with Crippen molar-refractivity contribution in [3.8, 4) is 5.69 Å². The van der Waals surface area contributed by atoms with Crippen LogP contribution in [0.25, 0.3) is 5.69 Å². The lowest BCUT2D eigenvalue weighted by molar-refractivity contribution is -0.118. The zero-order chi connectivity index (χ0) is 16.4. The molecule has 1 aromatic heterocycles. The molecule has 2 N–H and O–H groups in total. The molecule has 6 heteroatoms. The fourth-order valence-corrected chi connectivity index (χ4v) is 2.93. The first-order valence-electron chi connectivity index (χ1n) is 7.92. The Morgan fingerprint density at radius 1 is 1.35 bits per heavy atom. The van der Waals surface area contributed by atoms with Crippen LogP contribution in [0.2, 0.25) is 0 Å². The van der Waals surface area contributed by atoms with Crippen LogP contribution < -0.4 is 10.6 Å².